The lowest BCUT2D eigenvalue weighted by Crippen LogP contribution is -2.12. The molecule has 1 aliphatic carbocycles. The minimum Gasteiger partial charge on any atom is -0.490 e. The highest BCUT2D eigenvalue weighted by Crippen LogP contribution is 2.41. The number of benzene rings is 1. The summed E-state index contributed by atoms with van der Waals surface area (Å²) in [6.07, 6.45) is 2.66. The zero-order chi connectivity index (χ0) is 11.9. The van der Waals surface area contributed by atoms with Gasteiger partial charge in [-0.05, 0) is 24.5 Å². The molecule has 1 aliphatic heterocycles. The van der Waals surface area contributed by atoms with Crippen LogP contribution in [0, 0.1) is 5.82 Å². The van der Waals surface area contributed by atoms with Crippen LogP contribution < -0.4 is 9.47 Å². The van der Waals surface area contributed by atoms with Gasteiger partial charge in [0.05, 0.1) is 18.8 Å². The van der Waals surface area contributed by atoms with E-state index < -0.39 is 5.60 Å². The van der Waals surface area contributed by atoms with E-state index in [2.05, 4.69) is 0 Å². The Morgan fingerprint density at radius 1 is 1.18 bits per heavy atom. The van der Waals surface area contributed by atoms with Gasteiger partial charge in [0, 0.05) is 18.9 Å². The molecule has 0 bridgehead atoms. The Morgan fingerprint density at radius 2 is 1.82 bits per heavy atom. The van der Waals surface area contributed by atoms with E-state index in [0.717, 1.165) is 19.3 Å². The van der Waals surface area contributed by atoms with Gasteiger partial charge in [-0.25, -0.2) is 4.39 Å². The minimum absolute atomic E-state index is 0.324. The van der Waals surface area contributed by atoms with Crippen LogP contribution in [0.25, 0.3) is 0 Å². The first-order chi connectivity index (χ1) is 8.16. The summed E-state index contributed by atoms with van der Waals surface area (Å²) in [5, 5.41) is 9.83. The van der Waals surface area contributed by atoms with Crippen molar-refractivity contribution in [2.24, 2.45) is 0 Å². The summed E-state index contributed by atoms with van der Waals surface area (Å²) in [5.41, 5.74) is -0.185. The van der Waals surface area contributed by atoms with Gasteiger partial charge in [-0.15, -0.1) is 0 Å². The van der Waals surface area contributed by atoms with Crippen molar-refractivity contribution in [1.29, 1.82) is 0 Å². The maximum Gasteiger partial charge on any atom is 0.164 e. The molecule has 3 rings (SSSR count). The normalized spacial score (nSPS) is 20.8. The molecule has 0 atom stereocenters. The Kier molecular flexibility index (Phi) is 2.47. The van der Waals surface area contributed by atoms with Gasteiger partial charge in [0.2, 0.25) is 0 Å². The Morgan fingerprint density at radius 3 is 2.47 bits per heavy atom. The summed E-state index contributed by atoms with van der Waals surface area (Å²) in [4.78, 5) is 0. The van der Waals surface area contributed by atoms with E-state index in [4.69, 9.17) is 9.47 Å². The third-order valence-electron chi connectivity index (χ3n) is 3.26. The van der Waals surface area contributed by atoms with Crippen molar-refractivity contribution in [2.75, 3.05) is 13.2 Å². The highest BCUT2D eigenvalue weighted by molar-refractivity contribution is 5.44. The van der Waals surface area contributed by atoms with Gasteiger partial charge in [0.1, 0.15) is 5.82 Å². The molecule has 1 heterocycles. The highest BCUT2D eigenvalue weighted by Gasteiger charge is 2.41. The second kappa shape index (κ2) is 3.88. The van der Waals surface area contributed by atoms with Gasteiger partial charge >= 0.3 is 0 Å². The topological polar surface area (TPSA) is 38.7 Å². The maximum absolute atomic E-state index is 13.8. The van der Waals surface area contributed by atoms with Crippen molar-refractivity contribution in [3.8, 4) is 11.5 Å². The van der Waals surface area contributed by atoms with Crippen LogP contribution in [0.2, 0.25) is 0 Å². The van der Waals surface area contributed by atoms with Crippen LogP contribution in [0.1, 0.15) is 24.8 Å². The molecule has 0 spiro atoms. The van der Waals surface area contributed by atoms with Gasteiger partial charge in [-0.1, -0.05) is 0 Å². The molecule has 0 amide bonds. The Hall–Kier alpha value is -1.29. The first-order valence-corrected chi connectivity index (χ1v) is 5.97. The second-order valence-corrected chi connectivity index (χ2v) is 4.84. The fourth-order valence-corrected chi connectivity index (χ4v) is 2.04. The van der Waals surface area contributed by atoms with Crippen LogP contribution in [-0.4, -0.2) is 23.9 Å². The van der Waals surface area contributed by atoms with Gasteiger partial charge in [-0.2, -0.15) is 0 Å². The van der Waals surface area contributed by atoms with E-state index in [-0.39, 0.29) is 5.82 Å². The average Bonchev–Trinajstić information content (AvgIpc) is 3.04. The number of hydrogen-bond donors (Lipinski definition) is 1. The van der Waals surface area contributed by atoms with Crippen molar-refractivity contribution in [3.05, 3.63) is 23.5 Å². The number of fused-ring (bicyclic) bond motifs is 1. The zero-order valence-corrected chi connectivity index (χ0v) is 9.54. The monoisotopic (exact) mass is 238 g/mol. The van der Waals surface area contributed by atoms with E-state index in [1.54, 1.807) is 6.07 Å². The van der Waals surface area contributed by atoms with Crippen molar-refractivity contribution < 1.29 is 19.0 Å². The van der Waals surface area contributed by atoms with Crippen molar-refractivity contribution in [2.45, 2.75) is 31.3 Å². The molecule has 3 nitrogen and oxygen atoms in total. The summed E-state index contributed by atoms with van der Waals surface area (Å²) in [6, 6.07) is 3.02. The lowest BCUT2D eigenvalue weighted by molar-refractivity contribution is 0.149. The molecule has 1 N–H and O–H groups in total. The number of rotatable bonds is 2. The molecule has 0 saturated heterocycles. The SMILES string of the molecule is OC1(Cc2cc3c(cc2F)OCCCO3)CC1. The number of halogens is 1. The van der Waals surface area contributed by atoms with Crippen LogP contribution in [0.5, 0.6) is 11.5 Å². The lowest BCUT2D eigenvalue weighted by atomic mass is 10.1. The lowest BCUT2D eigenvalue weighted by Gasteiger charge is -2.12. The van der Waals surface area contributed by atoms with Crippen LogP contribution >= 0.6 is 0 Å². The molecule has 0 unspecified atom stereocenters. The molecule has 17 heavy (non-hydrogen) atoms. The minimum atomic E-state index is -0.694. The standard InChI is InChI=1S/C13H15FO3/c14-10-7-12-11(16-4-1-5-17-12)6-9(10)8-13(15)2-3-13/h6-7,15H,1-5,8H2. The molecular weight excluding hydrogens is 223 g/mol. The van der Waals surface area contributed by atoms with Gasteiger partial charge in [0.15, 0.2) is 11.5 Å². The number of aliphatic hydroxyl groups is 1. The number of hydrogen-bond acceptors (Lipinski definition) is 3. The molecule has 2 aliphatic rings. The summed E-state index contributed by atoms with van der Waals surface area (Å²) >= 11 is 0. The summed E-state index contributed by atoms with van der Waals surface area (Å²) in [7, 11) is 0. The Balaban J connectivity index is 1.91. The molecule has 1 saturated carbocycles. The molecule has 1 aromatic carbocycles. The predicted octanol–water partition coefficient (Wildman–Crippen LogP) is 2.05. The first kappa shape index (κ1) is 10.8. The fourth-order valence-electron chi connectivity index (χ4n) is 2.04. The van der Waals surface area contributed by atoms with Gasteiger partial charge in [0.25, 0.3) is 0 Å². The molecule has 4 heteroatoms. The quantitative estimate of drug-likeness (QED) is 0.857. The van der Waals surface area contributed by atoms with Crippen molar-refractivity contribution in [3.63, 3.8) is 0 Å². The highest BCUT2D eigenvalue weighted by atomic mass is 19.1. The van der Waals surface area contributed by atoms with Crippen molar-refractivity contribution in [1.82, 2.24) is 0 Å². The molecule has 1 fully saturated rings. The van der Waals surface area contributed by atoms with Crippen LogP contribution in [0.15, 0.2) is 12.1 Å². The fraction of sp³-hybridized carbons (Fsp3) is 0.538. The molecule has 1 aromatic rings. The third-order valence-corrected chi connectivity index (χ3v) is 3.26. The predicted molar refractivity (Wildman–Crippen MR) is 59.9 cm³/mol. The van der Waals surface area contributed by atoms with E-state index in [9.17, 15) is 9.50 Å². The number of ether oxygens (including phenoxy) is 2. The van der Waals surface area contributed by atoms with E-state index in [1.165, 1.54) is 6.07 Å². The maximum atomic E-state index is 13.8. The van der Waals surface area contributed by atoms with Crippen LogP contribution in [0.3, 0.4) is 0 Å². The van der Waals surface area contributed by atoms with Crippen LogP contribution in [-0.2, 0) is 6.42 Å². The smallest absolute Gasteiger partial charge is 0.164 e. The summed E-state index contributed by atoms with van der Waals surface area (Å²) in [6.45, 7) is 1.14. The van der Waals surface area contributed by atoms with E-state index in [1.807, 2.05) is 0 Å². The molecule has 0 radical (unpaired) electrons. The molecule has 0 aromatic heterocycles. The van der Waals surface area contributed by atoms with E-state index in [0.29, 0.717) is 36.7 Å². The van der Waals surface area contributed by atoms with Gasteiger partial charge < -0.3 is 14.6 Å². The van der Waals surface area contributed by atoms with Crippen molar-refractivity contribution >= 4 is 0 Å². The molecular formula is C13H15FO3. The first-order valence-electron chi connectivity index (χ1n) is 5.97. The Bertz CT molecular complexity index is 441. The third kappa shape index (κ3) is 2.22. The zero-order valence-electron chi connectivity index (χ0n) is 9.54. The summed E-state index contributed by atoms with van der Waals surface area (Å²) in [5.74, 6) is 0.726. The van der Waals surface area contributed by atoms with Gasteiger partial charge in [-0.3, -0.25) is 0 Å². The molecule has 92 valence electrons. The van der Waals surface area contributed by atoms with Crippen LogP contribution in [0.4, 0.5) is 4.39 Å². The summed E-state index contributed by atoms with van der Waals surface area (Å²) < 4.78 is 24.7. The van der Waals surface area contributed by atoms with E-state index >= 15 is 0 Å². The average molecular weight is 238 g/mol. The second-order valence-electron chi connectivity index (χ2n) is 4.84. The Labute approximate surface area is 99.2 Å². The largest absolute Gasteiger partial charge is 0.490 e.